The lowest BCUT2D eigenvalue weighted by Crippen LogP contribution is -2.16. The maximum Gasteiger partial charge on any atom is 0.354 e. The summed E-state index contributed by atoms with van der Waals surface area (Å²) in [4.78, 5) is 22.8. The Hall–Kier alpha value is -1.41. The van der Waals surface area contributed by atoms with Crippen LogP contribution in [0.3, 0.4) is 0 Å². The van der Waals surface area contributed by atoms with Gasteiger partial charge in [-0.05, 0) is 44.0 Å². The third-order valence-corrected chi connectivity index (χ3v) is 3.39. The number of ether oxygens (including phenoxy) is 2. The van der Waals surface area contributed by atoms with E-state index in [-0.39, 0.29) is 5.70 Å². The Balaban J connectivity index is 3.17. The number of hydrogen-bond donors (Lipinski definition) is 1. The third-order valence-electron chi connectivity index (χ3n) is 2.14. The van der Waals surface area contributed by atoms with E-state index >= 15 is 0 Å². The van der Waals surface area contributed by atoms with Crippen molar-refractivity contribution in [1.29, 1.82) is 0 Å². The first-order valence-corrected chi connectivity index (χ1v) is 6.77. The standard InChI is InChI=1S/C12H10Br2FNO4/c1-19-10(17)5-9(12(18)20-2)16-11-7(13)3-6(15)4-8(11)14/h3-5,16H,1-2H3/b9-5+. The fraction of sp³-hybridized carbons (Fsp3) is 0.167. The summed E-state index contributed by atoms with van der Waals surface area (Å²) in [6.45, 7) is 0. The van der Waals surface area contributed by atoms with Gasteiger partial charge in [0.1, 0.15) is 11.5 Å². The number of benzene rings is 1. The van der Waals surface area contributed by atoms with Gasteiger partial charge in [-0.2, -0.15) is 0 Å². The molecule has 20 heavy (non-hydrogen) atoms. The fourth-order valence-electron chi connectivity index (χ4n) is 1.23. The van der Waals surface area contributed by atoms with Crippen molar-refractivity contribution in [3.8, 4) is 0 Å². The Bertz CT molecular complexity index is 552. The second kappa shape index (κ2) is 7.39. The molecule has 8 heteroatoms. The molecule has 108 valence electrons. The van der Waals surface area contributed by atoms with Crippen LogP contribution in [0.1, 0.15) is 0 Å². The normalized spacial score (nSPS) is 10.9. The van der Waals surface area contributed by atoms with E-state index in [1.165, 1.54) is 26.4 Å². The molecule has 1 N–H and O–H groups in total. The van der Waals surface area contributed by atoms with E-state index < -0.39 is 17.8 Å². The molecule has 1 aromatic rings. The molecule has 0 saturated carbocycles. The summed E-state index contributed by atoms with van der Waals surface area (Å²) in [5.41, 5.74) is 0.222. The number of nitrogens with one attached hydrogen (secondary N) is 1. The minimum Gasteiger partial charge on any atom is -0.466 e. The zero-order valence-corrected chi connectivity index (χ0v) is 13.7. The molecule has 0 aromatic heterocycles. The van der Waals surface area contributed by atoms with Crippen LogP contribution >= 0.6 is 31.9 Å². The predicted molar refractivity (Wildman–Crippen MR) is 77.5 cm³/mol. The average Bonchev–Trinajstić information content (AvgIpc) is 2.40. The van der Waals surface area contributed by atoms with Crippen molar-refractivity contribution in [3.63, 3.8) is 0 Å². The Morgan fingerprint density at radius 1 is 1.20 bits per heavy atom. The second-order valence-electron chi connectivity index (χ2n) is 3.44. The van der Waals surface area contributed by atoms with Gasteiger partial charge in [-0.1, -0.05) is 0 Å². The molecule has 1 aromatic carbocycles. The van der Waals surface area contributed by atoms with Crippen LogP contribution in [0.15, 0.2) is 32.9 Å². The van der Waals surface area contributed by atoms with Crippen molar-refractivity contribution in [2.24, 2.45) is 0 Å². The molecule has 0 bridgehead atoms. The molecule has 0 amide bonds. The van der Waals surface area contributed by atoms with Gasteiger partial charge in [0.25, 0.3) is 0 Å². The number of rotatable bonds is 4. The minimum atomic E-state index is -0.765. The molecule has 0 aliphatic heterocycles. The molecule has 0 saturated heterocycles. The van der Waals surface area contributed by atoms with Gasteiger partial charge < -0.3 is 14.8 Å². The van der Waals surface area contributed by atoms with Gasteiger partial charge in [0.05, 0.1) is 26.0 Å². The number of carbonyl (C=O) groups excluding carboxylic acids is 2. The summed E-state index contributed by atoms with van der Waals surface area (Å²) in [7, 11) is 2.35. The van der Waals surface area contributed by atoms with Gasteiger partial charge in [0, 0.05) is 8.95 Å². The number of esters is 2. The molecule has 0 fully saturated rings. The summed E-state index contributed by atoms with van der Waals surface area (Å²) in [6, 6.07) is 2.42. The molecule has 0 heterocycles. The van der Waals surface area contributed by atoms with Gasteiger partial charge in [-0.25, -0.2) is 14.0 Å². The Kier molecular flexibility index (Phi) is 6.15. The quantitative estimate of drug-likeness (QED) is 0.610. The number of methoxy groups -OCH3 is 2. The van der Waals surface area contributed by atoms with Crippen LogP contribution in [0.2, 0.25) is 0 Å². The molecule has 0 radical (unpaired) electrons. The smallest absolute Gasteiger partial charge is 0.354 e. The molecule has 1 rings (SSSR count). The van der Waals surface area contributed by atoms with Crippen LogP contribution in [0.4, 0.5) is 10.1 Å². The third kappa shape index (κ3) is 4.31. The van der Waals surface area contributed by atoms with Crippen molar-refractivity contribution >= 4 is 49.5 Å². The number of halogens is 3. The van der Waals surface area contributed by atoms with E-state index in [9.17, 15) is 14.0 Å². The number of carbonyl (C=O) groups is 2. The van der Waals surface area contributed by atoms with E-state index in [1.54, 1.807) is 0 Å². The van der Waals surface area contributed by atoms with Crippen molar-refractivity contribution < 1.29 is 23.5 Å². The highest BCUT2D eigenvalue weighted by atomic mass is 79.9. The Morgan fingerprint density at radius 3 is 2.20 bits per heavy atom. The Morgan fingerprint density at radius 2 is 1.75 bits per heavy atom. The van der Waals surface area contributed by atoms with Crippen LogP contribution in [0.5, 0.6) is 0 Å². The SMILES string of the molecule is COC(=O)/C=C(/Nc1c(Br)cc(F)cc1Br)C(=O)OC. The first-order chi connectivity index (χ1) is 9.38. The zero-order valence-electron chi connectivity index (χ0n) is 10.5. The molecule has 0 aliphatic carbocycles. The number of anilines is 1. The van der Waals surface area contributed by atoms with Crippen LogP contribution in [-0.2, 0) is 19.1 Å². The lowest BCUT2D eigenvalue weighted by atomic mass is 10.3. The van der Waals surface area contributed by atoms with Crippen molar-refractivity contribution in [3.05, 3.63) is 38.7 Å². The summed E-state index contributed by atoms with van der Waals surface area (Å²) in [5.74, 6) is -1.96. The maximum absolute atomic E-state index is 13.2. The van der Waals surface area contributed by atoms with Gasteiger partial charge in [-0.3, -0.25) is 0 Å². The van der Waals surface area contributed by atoms with Gasteiger partial charge in [-0.15, -0.1) is 0 Å². The van der Waals surface area contributed by atoms with E-state index in [1.807, 2.05) is 0 Å². The highest BCUT2D eigenvalue weighted by molar-refractivity contribution is 9.11. The summed E-state index contributed by atoms with van der Waals surface area (Å²) >= 11 is 6.31. The minimum absolute atomic E-state index is 0.146. The largest absolute Gasteiger partial charge is 0.466 e. The molecule has 0 spiro atoms. The van der Waals surface area contributed by atoms with Crippen molar-refractivity contribution in [2.75, 3.05) is 19.5 Å². The molecular weight excluding hydrogens is 401 g/mol. The lowest BCUT2D eigenvalue weighted by Gasteiger charge is -2.12. The van der Waals surface area contributed by atoms with Gasteiger partial charge >= 0.3 is 11.9 Å². The van der Waals surface area contributed by atoms with Crippen LogP contribution in [0, 0.1) is 5.82 Å². The van der Waals surface area contributed by atoms with Crippen molar-refractivity contribution in [1.82, 2.24) is 0 Å². The highest BCUT2D eigenvalue weighted by Crippen LogP contribution is 2.33. The molecule has 0 atom stereocenters. The maximum atomic E-state index is 13.2. The molecule has 5 nitrogen and oxygen atoms in total. The van der Waals surface area contributed by atoms with E-state index in [4.69, 9.17) is 0 Å². The van der Waals surface area contributed by atoms with E-state index in [0.29, 0.717) is 14.6 Å². The summed E-state index contributed by atoms with van der Waals surface area (Å²) in [5, 5.41) is 2.68. The fourth-order valence-corrected chi connectivity index (χ4v) is 2.56. The highest BCUT2D eigenvalue weighted by Gasteiger charge is 2.16. The van der Waals surface area contributed by atoms with E-state index in [0.717, 1.165) is 6.08 Å². The number of hydrogen-bond acceptors (Lipinski definition) is 5. The first kappa shape index (κ1) is 16.6. The predicted octanol–water partition coefficient (Wildman–Crippen LogP) is 2.99. The first-order valence-electron chi connectivity index (χ1n) is 5.18. The summed E-state index contributed by atoms with van der Waals surface area (Å²) in [6.07, 6.45) is 0.939. The summed E-state index contributed by atoms with van der Waals surface area (Å²) < 4.78 is 22.9. The Labute approximate surface area is 131 Å². The van der Waals surface area contributed by atoms with E-state index in [2.05, 4.69) is 46.7 Å². The van der Waals surface area contributed by atoms with Crippen LogP contribution in [-0.4, -0.2) is 26.2 Å². The average molecular weight is 411 g/mol. The van der Waals surface area contributed by atoms with Crippen LogP contribution < -0.4 is 5.32 Å². The lowest BCUT2D eigenvalue weighted by molar-refractivity contribution is -0.138. The second-order valence-corrected chi connectivity index (χ2v) is 5.15. The van der Waals surface area contributed by atoms with Crippen molar-refractivity contribution in [2.45, 2.75) is 0 Å². The molecule has 0 unspecified atom stereocenters. The topological polar surface area (TPSA) is 64.6 Å². The zero-order chi connectivity index (χ0) is 15.3. The van der Waals surface area contributed by atoms with Crippen LogP contribution in [0.25, 0.3) is 0 Å². The molecular formula is C12H10Br2FNO4. The van der Waals surface area contributed by atoms with Gasteiger partial charge in [0.15, 0.2) is 0 Å². The monoisotopic (exact) mass is 409 g/mol. The molecule has 0 aliphatic rings. The van der Waals surface area contributed by atoms with Gasteiger partial charge in [0.2, 0.25) is 0 Å².